The summed E-state index contributed by atoms with van der Waals surface area (Å²) in [4.78, 5) is 7.30. The summed E-state index contributed by atoms with van der Waals surface area (Å²) in [5.74, 6) is 1.46. The molecule has 0 spiro atoms. The second-order valence-corrected chi connectivity index (χ2v) is 8.43. The van der Waals surface area contributed by atoms with Gasteiger partial charge in [0.25, 0.3) is 0 Å². The van der Waals surface area contributed by atoms with Crippen molar-refractivity contribution in [1.29, 1.82) is 0 Å². The average Bonchev–Trinajstić information content (AvgIpc) is 3.30. The molecule has 6 heteroatoms. The fourth-order valence-electron chi connectivity index (χ4n) is 3.98. The molecule has 2 aliphatic rings. The molecular weight excluding hydrogens is 376 g/mol. The minimum Gasteiger partial charge on any atom is -0.381 e. The summed E-state index contributed by atoms with van der Waals surface area (Å²) < 4.78 is 11.1. The molecule has 6 nitrogen and oxygen atoms in total. The molecule has 2 saturated heterocycles. The van der Waals surface area contributed by atoms with Gasteiger partial charge in [0, 0.05) is 38.8 Å². The van der Waals surface area contributed by atoms with Crippen LogP contribution < -0.4 is 10.6 Å². The van der Waals surface area contributed by atoms with Gasteiger partial charge < -0.3 is 20.1 Å². The zero-order valence-electron chi connectivity index (χ0n) is 18.7. The van der Waals surface area contributed by atoms with Crippen LogP contribution in [-0.2, 0) is 22.6 Å². The van der Waals surface area contributed by atoms with E-state index in [0.29, 0.717) is 12.5 Å². The molecule has 1 atom stereocenters. The van der Waals surface area contributed by atoms with Crippen molar-refractivity contribution in [1.82, 2.24) is 15.5 Å². The highest BCUT2D eigenvalue weighted by Gasteiger charge is 2.15. The molecule has 0 amide bonds. The van der Waals surface area contributed by atoms with Crippen molar-refractivity contribution in [2.24, 2.45) is 10.9 Å². The van der Waals surface area contributed by atoms with Crippen LogP contribution in [0.2, 0.25) is 0 Å². The van der Waals surface area contributed by atoms with Gasteiger partial charge in [0.1, 0.15) is 0 Å². The van der Waals surface area contributed by atoms with Gasteiger partial charge >= 0.3 is 0 Å². The standard InChI is InChI=1S/C24H40N4O2/c1-2-25-24(26-12-6-15-29-19-23-11-16-30-20-23)27-17-21-7-9-22(10-8-21)18-28-13-4-3-5-14-28/h7-10,23H,2-6,11-20H2,1H3,(H2,25,26,27). The van der Waals surface area contributed by atoms with Gasteiger partial charge in [-0.25, -0.2) is 4.99 Å². The number of ether oxygens (including phenoxy) is 2. The van der Waals surface area contributed by atoms with Crippen LogP contribution >= 0.6 is 0 Å². The zero-order chi connectivity index (χ0) is 20.9. The van der Waals surface area contributed by atoms with Crippen LogP contribution in [-0.4, -0.2) is 63.5 Å². The Hall–Kier alpha value is -1.63. The first-order chi connectivity index (χ1) is 14.8. The third kappa shape index (κ3) is 8.62. The van der Waals surface area contributed by atoms with E-state index in [1.165, 1.54) is 43.5 Å². The third-order valence-corrected chi connectivity index (χ3v) is 5.78. The van der Waals surface area contributed by atoms with Gasteiger partial charge in [0.15, 0.2) is 5.96 Å². The van der Waals surface area contributed by atoms with Gasteiger partial charge in [-0.2, -0.15) is 0 Å². The first-order valence-electron chi connectivity index (χ1n) is 11.8. The average molecular weight is 417 g/mol. The summed E-state index contributed by atoms with van der Waals surface area (Å²) in [6.07, 6.45) is 6.18. The number of nitrogens with one attached hydrogen (secondary N) is 2. The van der Waals surface area contributed by atoms with E-state index in [9.17, 15) is 0 Å². The molecule has 168 valence electrons. The van der Waals surface area contributed by atoms with Crippen LogP contribution in [0.25, 0.3) is 0 Å². The second kappa shape index (κ2) is 13.6. The predicted octanol–water partition coefficient (Wildman–Crippen LogP) is 3.17. The summed E-state index contributed by atoms with van der Waals surface area (Å²) >= 11 is 0. The molecule has 1 aromatic carbocycles. The topological polar surface area (TPSA) is 58.1 Å². The molecule has 1 aromatic rings. The normalized spacial score (nSPS) is 20.4. The number of hydrogen-bond donors (Lipinski definition) is 2. The van der Waals surface area contributed by atoms with E-state index in [1.807, 2.05) is 0 Å². The maximum Gasteiger partial charge on any atom is 0.191 e. The summed E-state index contributed by atoms with van der Waals surface area (Å²) in [5, 5.41) is 6.74. The number of rotatable bonds is 11. The minimum absolute atomic E-state index is 0.586. The zero-order valence-corrected chi connectivity index (χ0v) is 18.7. The number of benzene rings is 1. The van der Waals surface area contributed by atoms with Crippen molar-refractivity contribution < 1.29 is 9.47 Å². The van der Waals surface area contributed by atoms with Crippen molar-refractivity contribution >= 4 is 5.96 Å². The van der Waals surface area contributed by atoms with Crippen molar-refractivity contribution in [2.75, 3.05) is 52.6 Å². The van der Waals surface area contributed by atoms with Gasteiger partial charge in [0.05, 0.1) is 19.8 Å². The second-order valence-electron chi connectivity index (χ2n) is 8.43. The molecule has 0 bridgehead atoms. The van der Waals surface area contributed by atoms with Crippen molar-refractivity contribution in [3.05, 3.63) is 35.4 Å². The maximum atomic E-state index is 5.77. The highest BCUT2D eigenvalue weighted by Crippen LogP contribution is 2.14. The van der Waals surface area contributed by atoms with E-state index >= 15 is 0 Å². The lowest BCUT2D eigenvalue weighted by Gasteiger charge is -2.26. The number of hydrogen-bond acceptors (Lipinski definition) is 4. The first kappa shape index (κ1) is 23.0. The summed E-state index contributed by atoms with van der Waals surface area (Å²) in [6, 6.07) is 8.94. The molecule has 0 aromatic heterocycles. The lowest BCUT2D eigenvalue weighted by molar-refractivity contribution is 0.0888. The largest absolute Gasteiger partial charge is 0.381 e. The minimum atomic E-state index is 0.586. The molecule has 2 heterocycles. The smallest absolute Gasteiger partial charge is 0.191 e. The quantitative estimate of drug-likeness (QED) is 0.330. The number of piperidine rings is 1. The van der Waals surface area contributed by atoms with Crippen molar-refractivity contribution in [2.45, 2.75) is 52.1 Å². The highest BCUT2D eigenvalue weighted by atomic mass is 16.5. The van der Waals surface area contributed by atoms with Crippen LogP contribution in [0.15, 0.2) is 29.3 Å². The van der Waals surface area contributed by atoms with Crippen LogP contribution in [0, 0.1) is 5.92 Å². The molecular formula is C24H40N4O2. The Morgan fingerprint density at radius 3 is 2.67 bits per heavy atom. The molecule has 3 rings (SSSR count). The molecule has 2 fully saturated rings. The Balaban J connectivity index is 1.34. The van der Waals surface area contributed by atoms with Crippen molar-refractivity contribution in [3.63, 3.8) is 0 Å². The number of nitrogens with zero attached hydrogens (tertiary/aromatic N) is 2. The van der Waals surface area contributed by atoms with E-state index < -0.39 is 0 Å². The maximum absolute atomic E-state index is 5.77. The molecule has 0 aliphatic carbocycles. The van der Waals surface area contributed by atoms with Crippen LogP contribution in [0.5, 0.6) is 0 Å². The molecule has 1 unspecified atom stereocenters. The third-order valence-electron chi connectivity index (χ3n) is 5.78. The predicted molar refractivity (Wildman–Crippen MR) is 123 cm³/mol. The van der Waals surface area contributed by atoms with E-state index in [2.05, 4.69) is 46.7 Å². The summed E-state index contributed by atoms with van der Waals surface area (Å²) in [7, 11) is 0. The monoisotopic (exact) mass is 416 g/mol. The van der Waals surface area contributed by atoms with E-state index in [1.54, 1.807) is 0 Å². The van der Waals surface area contributed by atoms with Crippen molar-refractivity contribution in [3.8, 4) is 0 Å². The van der Waals surface area contributed by atoms with Gasteiger partial charge in [-0.3, -0.25) is 4.90 Å². The van der Waals surface area contributed by atoms with E-state index in [0.717, 1.165) is 64.9 Å². The molecule has 0 saturated carbocycles. The first-order valence-corrected chi connectivity index (χ1v) is 11.8. The Kier molecular flexibility index (Phi) is 10.5. The number of likely N-dealkylation sites (tertiary alicyclic amines) is 1. The van der Waals surface area contributed by atoms with Gasteiger partial charge in [-0.05, 0) is 56.8 Å². The molecule has 2 N–H and O–H groups in total. The lowest BCUT2D eigenvalue weighted by atomic mass is 10.1. The summed E-state index contributed by atoms with van der Waals surface area (Å²) in [5.41, 5.74) is 2.65. The lowest BCUT2D eigenvalue weighted by Crippen LogP contribution is -2.38. The molecule has 30 heavy (non-hydrogen) atoms. The SMILES string of the molecule is CCNC(=NCc1ccc(CN2CCCCC2)cc1)NCCCOCC1CCOC1. The van der Waals surface area contributed by atoms with Crippen LogP contribution in [0.1, 0.15) is 50.2 Å². The van der Waals surface area contributed by atoms with E-state index in [-0.39, 0.29) is 0 Å². The van der Waals surface area contributed by atoms with E-state index in [4.69, 9.17) is 14.5 Å². The van der Waals surface area contributed by atoms with Gasteiger partial charge in [-0.15, -0.1) is 0 Å². The summed E-state index contributed by atoms with van der Waals surface area (Å²) in [6.45, 7) is 11.4. The number of guanidine groups is 1. The Morgan fingerprint density at radius 2 is 1.93 bits per heavy atom. The molecule has 2 aliphatic heterocycles. The Labute approximate surface area is 182 Å². The fraction of sp³-hybridized carbons (Fsp3) is 0.708. The highest BCUT2D eigenvalue weighted by molar-refractivity contribution is 5.79. The molecule has 0 radical (unpaired) electrons. The van der Waals surface area contributed by atoms with Crippen LogP contribution in [0.3, 0.4) is 0 Å². The van der Waals surface area contributed by atoms with Gasteiger partial charge in [-0.1, -0.05) is 30.7 Å². The Bertz CT molecular complexity index is 608. The van der Waals surface area contributed by atoms with Crippen LogP contribution in [0.4, 0.5) is 0 Å². The Morgan fingerprint density at radius 1 is 1.13 bits per heavy atom. The van der Waals surface area contributed by atoms with Gasteiger partial charge in [0.2, 0.25) is 0 Å². The number of aliphatic imine (C=N–C) groups is 1. The fourth-order valence-corrected chi connectivity index (χ4v) is 3.98.